The Morgan fingerprint density at radius 3 is 2.05 bits per heavy atom. The van der Waals surface area contributed by atoms with E-state index in [1.807, 2.05) is 48.5 Å². The van der Waals surface area contributed by atoms with E-state index in [-0.39, 0.29) is 0 Å². The number of piperidine rings is 1. The van der Waals surface area contributed by atoms with Crippen molar-refractivity contribution in [3.63, 3.8) is 0 Å². The standard InChI is InChI=1S/C34H41ClN4O2/c1-4-37(5-2)25-40-30-13-7-27(8-14-30)33-24-39(34(36-33)23-26-19-21-38(6-3)22-20-26)29-11-17-32(18-12-29)41-31-15-9-28(35)10-16-31/h7-18,24,26H,4-6,19-23,25H2,1-3H3. The Morgan fingerprint density at radius 1 is 0.829 bits per heavy atom. The molecule has 0 N–H and O–H groups in total. The predicted molar refractivity (Wildman–Crippen MR) is 167 cm³/mol. The molecule has 2 heterocycles. The summed E-state index contributed by atoms with van der Waals surface area (Å²) in [6.45, 7) is 12.6. The second-order valence-corrected chi connectivity index (χ2v) is 11.1. The third-order valence-electron chi connectivity index (χ3n) is 8.03. The van der Waals surface area contributed by atoms with Gasteiger partial charge in [-0.05, 0) is 124 Å². The van der Waals surface area contributed by atoms with Gasteiger partial charge in [0.2, 0.25) is 0 Å². The Hall–Kier alpha value is -3.32. The van der Waals surface area contributed by atoms with Gasteiger partial charge >= 0.3 is 0 Å². The lowest BCUT2D eigenvalue weighted by molar-refractivity contribution is 0.137. The van der Waals surface area contributed by atoms with Crippen LogP contribution in [0.15, 0.2) is 79.0 Å². The highest BCUT2D eigenvalue weighted by atomic mass is 35.5. The number of halogens is 1. The molecule has 0 saturated carbocycles. The minimum absolute atomic E-state index is 0.597. The van der Waals surface area contributed by atoms with Crippen molar-refractivity contribution >= 4 is 11.6 Å². The van der Waals surface area contributed by atoms with Crippen molar-refractivity contribution in [1.82, 2.24) is 19.4 Å². The minimum atomic E-state index is 0.597. The summed E-state index contributed by atoms with van der Waals surface area (Å²) in [6.07, 6.45) is 5.55. The molecule has 0 spiro atoms. The first kappa shape index (κ1) is 29.2. The van der Waals surface area contributed by atoms with E-state index < -0.39 is 0 Å². The molecule has 3 aromatic carbocycles. The van der Waals surface area contributed by atoms with Gasteiger partial charge in [-0.15, -0.1) is 0 Å². The van der Waals surface area contributed by atoms with Crippen LogP contribution in [0.4, 0.5) is 0 Å². The maximum absolute atomic E-state index is 6.03. The average Bonchev–Trinajstić information content (AvgIpc) is 3.43. The first-order valence-corrected chi connectivity index (χ1v) is 15.2. The Labute approximate surface area is 249 Å². The second kappa shape index (κ2) is 14.0. The van der Waals surface area contributed by atoms with Crippen LogP contribution in [0, 0.1) is 5.92 Å². The van der Waals surface area contributed by atoms with Crippen molar-refractivity contribution < 1.29 is 9.47 Å². The summed E-state index contributed by atoms with van der Waals surface area (Å²) < 4.78 is 14.3. The fourth-order valence-electron chi connectivity index (χ4n) is 5.30. The molecule has 0 aliphatic carbocycles. The number of aromatic nitrogens is 2. The van der Waals surface area contributed by atoms with Gasteiger partial charge in [-0.2, -0.15) is 0 Å². The molecule has 5 rings (SSSR count). The van der Waals surface area contributed by atoms with Crippen LogP contribution in [0.25, 0.3) is 16.9 Å². The maximum Gasteiger partial charge on any atom is 0.142 e. The molecule has 0 amide bonds. The van der Waals surface area contributed by atoms with Gasteiger partial charge in [-0.25, -0.2) is 4.98 Å². The van der Waals surface area contributed by atoms with Crippen LogP contribution < -0.4 is 9.47 Å². The summed E-state index contributed by atoms with van der Waals surface area (Å²) in [4.78, 5) is 9.96. The molecule has 1 fully saturated rings. The molecule has 1 aliphatic rings. The number of likely N-dealkylation sites (tertiary alicyclic amines) is 1. The first-order valence-electron chi connectivity index (χ1n) is 14.8. The van der Waals surface area contributed by atoms with Gasteiger partial charge in [0, 0.05) is 28.9 Å². The molecule has 0 unspecified atom stereocenters. The fourth-order valence-corrected chi connectivity index (χ4v) is 5.42. The fraction of sp³-hybridized carbons (Fsp3) is 0.382. The van der Waals surface area contributed by atoms with E-state index >= 15 is 0 Å². The van der Waals surface area contributed by atoms with Gasteiger partial charge < -0.3 is 18.9 Å². The van der Waals surface area contributed by atoms with Crippen molar-refractivity contribution in [2.75, 3.05) is 39.5 Å². The molecular formula is C34H41ClN4O2. The van der Waals surface area contributed by atoms with E-state index in [0.29, 0.717) is 17.7 Å². The van der Waals surface area contributed by atoms with E-state index in [2.05, 4.69) is 65.6 Å². The molecule has 41 heavy (non-hydrogen) atoms. The molecule has 0 radical (unpaired) electrons. The molecule has 1 saturated heterocycles. The largest absolute Gasteiger partial charge is 0.478 e. The van der Waals surface area contributed by atoms with Gasteiger partial charge in [0.25, 0.3) is 0 Å². The Balaban J connectivity index is 1.36. The van der Waals surface area contributed by atoms with Crippen LogP contribution >= 0.6 is 11.6 Å². The number of hydrogen-bond donors (Lipinski definition) is 0. The molecule has 216 valence electrons. The highest BCUT2D eigenvalue weighted by Crippen LogP contribution is 2.29. The summed E-state index contributed by atoms with van der Waals surface area (Å²) in [5.74, 6) is 4.15. The number of ether oxygens (including phenoxy) is 2. The highest BCUT2D eigenvalue weighted by molar-refractivity contribution is 6.30. The van der Waals surface area contributed by atoms with E-state index in [9.17, 15) is 0 Å². The van der Waals surface area contributed by atoms with Crippen molar-refractivity contribution in [3.05, 3.63) is 89.8 Å². The van der Waals surface area contributed by atoms with E-state index in [4.69, 9.17) is 26.1 Å². The quantitative estimate of drug-likeness (QED) is 0.161. The van der Waals surface area contributed by atoms with Crippen molar-refractivity contribution in [3.8, 4) is 34.2 Å². The molecule has 1 aromatic heterocycles. The van der Waals surface area contributed by atoms with Crippen molar-refractivity contribution in [2.24, 2.45) is 5.92 Å². The molecular weight excluding hydrogens is 532 g/mol. The van der Waals surface area contributed by atoms with Crippen molar-refractivity contribution in [2.45, 2.75) is 40.0 Å². The van der Waals surface area contributed by atoms with E-state index in [0.717, 1.165) is 66.1 Å². The summed E-state index contributed by atoms with van der Waals surface area (Å²) in [7, 11) is 0. The third-order valence-corrected chi connectivity index (χ3v) is 8.28. The van der Waals surface area contributed by atoms with Crippen LogP contribution in [-0.4, -0.2) is 58.8 Å². The number of hydrogen-bond acceptors (Lipinski definition) is 5. The zero-order chi connectivity index (χ0) is 28.6. The normalized spacial score (nSPS) is 14.5. The summed E-state index contributed by atoms with van der Waals surface area (Å²) in [5.41, 5.74) is 3.14. The van der Waals surface area contributed by atoms with Gasteiger partial charge in [-0.3, -0.25) is 4.90 Å². The minimum Gasteiger partial charge on any atom is -0.478 e. The van der Waals surface area contributed by atoms with Crippen LogP contribution in [0.2, 0.25) is 5.02 Å². The molecule has 0 bridgehead atoms. The van der Waals surface area contributed by atoms with Gasteiger partial charge in [0.15, 0.2) is 0 Å². The molecule has 1 aliphatic heterocycles. The zero-order valence-electron chi connectivity index (χ0n) is 24.4. The summed E-state index contributed by atoms with van der Waals surface area (Å²) >= 11 is 6.02. The topological polar surface area (TPSA) is 42.8 Å². The van der Waals surface area contributed by atoms with Crippen LogP contribution in [0.5, 0.6) is 17.2 Å². The SMILES string of the molecule is CCN1CCC(Cc2nc(-c3ccc(OCN(CC)CC)cc3)cn2-c2ccc(Oc3ccc(Cl)cc3)cc2)CC1. The predicted octanol–water partition coefficient (Wildman–Crippen LogP) is 7.94. The Morgan fingerprint density at radius 2 is 1.44 bits per heavy atom. The van der Waals surface area contributed by atoms with E-state index in [1.54, 1.807) is 0 Å². The lowest BCUT2D eigenvalue weighted by atomic mass is 9.93. The number of rotatable bonds is 12. The van der Waals surface area contributed by atoms with Crippen LogP contribution in [0.3, 0.4) is 0 Å². The lowest BCUT2D eigenvalue weighted by Gasteiger charge is -2.30. The van der Waals surface area contributed by atoms with E-state index in [1.165, 1.54) is 25.9 Å². The van der Waals surface area contributed by atoms with Gasteiger partial charge in [0.1, 0.15) is 29.8 Å². The maximum atomic E-state index is 6.03. The van der Waals surface area contributed by atoms with Gasteiger partial charge in [0.05, 0.1) is 5.69 Å². The second-order valence-electron chi connectivity index (χ2n) is 10.6. The highest BCUT2D eigenvalue weighted by Gasteiger charge is 2.22. The monoisotopic (exact) mass is 572 g/mol. The number of benzene rings is 3. The first-order chi connectivity index (χ1) is 20.0. The number of imidazole rings is 1. The smallest absolute Gasteiger partial charge is 0.142 e. The molecule has 7 heteroatoms. The summed E-state index contributed by atoms with van der Waals surface area (Å²) in [5, 5.41) is 0.693. The summed E-state index contributed by atoms with van der Waals surface area (Å²) in [6, 6.07) is 23.9. The van der Waals surface area contributed by atoms with Crippen LogP contribution in [0.1, 0.15) is 39.4 Å². The molecule has 0 atom stereocenters. The van der Waals surface area contributed by atoms with Crippen LogP contribution in [-0.2, 0) is 6.42 Å². The zero-order valence-corrected chi connectivity index (χ0v) is 25.2. The Kier molecular flexibility index (Phi) is 9.99. The number of nitrogens with zero attached hydrogens (tertiary/aromatic N) is 4. The molecule has 6 nitrogen and oxygen atoms in total. The Bertz CT molecular complexity index is 1360. The average molecular weight is 573 g/mol. The third kappa shape index (κ3) is 7.70. The molecule has 4 aromatic rings. The van der Waals surface area contributed by atoms with Gasteiger partial charge in [-0.1, -0.05) is 32.4 Å². The lowest BCUT2D eigenvalue weighted by Crippen LogP contribution is -2.34. The van der Waals surface area contributed by atoms with Crippen molar-refractivity contribution in [1.29, 1.82) is 0 Å².